The fourth-order valence-electron chi connectivity index (χ4n) is 1.94. The van der Waals surface area contributed by atoms with Crippen molar-refractivity contribution in [1.29, 1.82) is 0 Å². The standard InChI is InChI=1S/C13H18N4O2/c1-9-7-10(2)17-12(16-9)11(8-15-17)13(18)14-5-4-6-19-3/h7-8H,4-6H2,1-3H3,(H,14,18). The fraction of sp³-hybridized carbons (Fsp3) is 0.462. The van der Waals surface area contributed by atoms with Crippen LogP contribution >= 0.6 is 0 Å². The summed E-state index contributed by atoms with van der Waals surface area (Å²) in [6.07, 6.45) is 2.34. The number of nitrogens with one attached hydrogen (secondary N) is 1. The van der Waals surface area contributed by atoms with Gasteiger partial charge in [0, 0.05) is 31.6 Å². The van der Waals surface area contributed by atoms with Crippen LogP contribution in [0.25, 0.3) is 5.65 Å². The Balaban J connectivity index is 2.18. The predicted molar refractivity (Wildman–Crippen MR) is 71.3 cm³/mol. The maximum absolute atomic E-state index is 12.1. The lowest BCUT2D eigenvalue weighted by molar-refractivity contribution is 0.0950. The van der Waals surface area contributed by atoms with Crippen LogP contribution in [-0.2, 0) is 4.74 Å². The molecule has 6 nitrogen and oxygen atoms in total. The molecule has 102 valence electrons. The summed E-state index contributed by atoms with van der Waals surface area (Å²) < 4.78 is 6.61. The number of hydrogen-bond acceptors (Lipinski definition) is 4. The normalized spacial score (nSPS) is 10.9. The number of nitrogens with zero attached hydrogens (tertiary/aromatic N) is 3. The summed E-state index contributed by atoms with van der Waals surface area (Å²) in [5.74, 6) is -0.149. The van der Waals surface area contributed by atoms with Crippen LogP contribution < -0.4 is 5.32 Å². The maximum Gasteiger partial charge on any atom is 0.256 e. The molecule has 0 aliphatic carbocycles. The molecule has 0 aliphatic rings. The van der Waals surface area contributed by atoms with Crippen molar-refractivity contribution in [3.05, 3.63) is 29.2 Å². The molecule has 2 rings (SSSR count). The highest BCUT2D eigenvalue weighted by molar-refractivity contribution is 5.99. The first-order valence-electron chi connectivity index (χ1n) is 6.22. The number of fused-ring (bicyclic) bond motifs is 1. The van der Waals surface area contributed by atoms with Crippen molar-refractivity contribution in [2.45, 2.75) is 20.3 Å². The molecule has 0 aromatic carbocycles. The lowest BCUT2D eigenvalue weighted by atomic mass is 10.3. The largest absolute Gasteiger partial charge is 0.385 e. The molecule has 0 spiro atoms. The van der Waals surface area contributed by atoms with Crippen LogP contribution in [0, 0.1) is 13.8 Å². The molecule has 6 heteroatoms. The third-order valence-corrected chi connectivity index (χ3v) is 2.83. The van der Waals surface area contributed by atoms with E-state index in [0.29, 0.717) is 24.4 Å². The molecule has 0 saturated heterocycles. The van der Waals surface area contributed by atoms with Crippen LogP contribution in [0.4, 0.5) is 0 Å². The van der Waals surface area contributed by atoms with E-state index >= 15 is 0 Å². The number of hydrogen-bond donors (Lipinski definition) is 1. The SMILES string of the molecule is COCCCNC(=O)c1cnn2c(C)cc(C)nc12. The lowest BCUT2D eigenvalue weighted by Gasteiger charge is -2.04. The molecular weight excluding hydrogens is 244 g/mol. The average molecular weight is 262 g/mol. The Morgan fingerprint density at radius 3 is 3.00 bits per heavy atom. The molecule has 2 aromatic rings. The van der Waals surface area contributed by atoms with Gasteiger partial charge in [0.1, 0.15) is 5.56 Å². The van der Waals surface area contributed by atoms with Crippen molar-refractivity contribution in [1.82, 2.24) is 19.9 Å². The predicted octanol–water partition coefficient (Wildman–Crippen LogP) is 1.11. The monoisotopic (exact) mass is 262 g/mol. The quantitative estimate of drug-likeness (QED) is 0.820. The van der Waals surface area contributed by atoms with E-state index in [1.165, 1.54) is 0 Å². The van der Waals surface area contributed by atoms with E-state index in [-0.39, 0.29) is 5.91 Å². The Morgan fingerprint density at radius 2 is 2.26 bits per heavy atom. The summed E-state index contributed by atoms with van der Waals surface area (Å²) in [5.41, 5.74) is 2.94. The Hall–Kier alpha value is -1.95. The van der Waals surface area contributed by atoms with Crippen LogP contribution in [0.3, 0.4) is 0 Å². The van der Waals surface area contributed by atoms with Crippen molar-refractivity contribution < 1.29 is 9.53 Å². The van der Waals surface area contributed by atoms with E-state index < -0.39 is 0 Å². The van der Waals surface area contributed by atoms with Gasteiger partial charge in [0.15, 0.2) is 5.65 Å². The first kappa shape index (κ1) is 13.5. The van der Waals surface area contributed by atoms with Crippen LogP contribution in [0.1, 0.15) is 28.2 Å². The van der Waals surface area contributed by atoms with Crippen LogP contribution in [-0.4, -0.2) is 40.8 Å². The van der Waals surface area contributed by atoms with Gasteiger partial charge in [-0.1, -0.05) is 0 Å². The molecule has 0 fully saturated rings. The number of carbonyl (C=O) groups excluding carboxylic acids is 1. The van der Waals surface area contributed by atoms with Gasteiger partial charge in [-0.3, -0.25) is 4.79 Å². The van der Waals surface area contributed by atoms with E-state index in [1.54, 1.807) is 17.8 Å². The van der Waals surface area contributed by atoms with Crippen molar-refractivity contribution in [3.8, 4) is 0 Å². The zero-order valence-electron chi connectivity index (χ0n) is 11.4. The molecule has 19 heavy (non-hydrogen) atoms. The summed E-state index contributed by atoms with van der Waals surface area (Å²) in [5, 5.41) is 7.03. The van der Waals surface area contributed by atoms with Crippen LogP contribution in [0.15, 0.2) is 12.3 Å². The van der Waals surface area contributed by atoms with Gasteiger partial charge in [0.25, 0.3) is 5.91 Å². The van der Waals surface area contributed by atoms with Crippen molar-refractivity contribution in [2.75, 3.05) is 20.3 Å². The molecule has 1 amide bonds. The first-order chi connectivity index (χ1) is 9.13. The second kappa shape index (κ2) is 5.79. The summed E-state index contributed by atoms with van der Waals surface area (Å²) in [6, 6.07) is 1.93. The molecular formula is C13H18N4O2. The molecule has 1 N–H and O–H groups in total. The minimum Gasteiger partial charge on any atom is -0.385 e. The van der Waals surface area contributed by atoms with Gasteiger partial charge in [-0.2, -0.15) is 5.10 Å². The smallest absolute Gasteiger partial charge is 0.256 e. The molecule has 0 saturated carbocycles. The van der Waals surface area contributed by atoms with Gasteiger partial charge in [0.05, 0.1) is 6.20 Å². The van der Waals surface area contributed by atoms with Gasteiger partial charge < -0.3 is 10.1 Å². The van der Waals surface area contributed by atoms with Gasteiger partial charge >= 0.3 is 0 Å². The molecule has 0 unspecified atom stereocenters. The highest BCUT2D eigenvalue weighted by Gasteiger charge is 2.14. The minimum atomic E-state index is -0.149. The van der Waals surface area contributed by atoms with Crippen molar-refractivity contribution >= 4 is 11.6 Å². The van der Waals surface area contributed by atoms with Gasteiger partial charge in [-0.05, 0) is 26.3 Å². The van der Waals surface area contributed by atoms with E-state index in [2.05, 4.69) is 15.4 Å². The third-order valence-electron chi connectivity index (χ3n) is 2.83. The van der Waals surface area contributed by atoms with E-state index in [9.17, 15) is 4.79 Å². The number of aryl methyl sites for hydroxylation is 2. The Morgan fingerprint density at radius 1 is 1.47 bits per heavy atom. The van der Waals surface area contributed by atoms with Crippen molar-refractivity contribution in [3.63, 3.8) is 0 Å². The Labute approximate surface area is 111 Å². The zero-order chi connectivity index (χ0) is 13.8. The average Bonchev–Trinajstić information content (AvgIpc) is 2.78. The van der Waals surface area contributed by atoms with Crippen LogP contribution in [0.2, 0.25) is 0 Å². The topological polar surface area (TPSA) is 68.5 Å². The highest BCUT2D eigenvalue weighted by atomic mass is 16.5. The number of ether oxygens (including phenoxy) is 1. The number of methoxy groups -OCH3 is 1. The number of amides is 1. The highest BCUT2D eigenvalue weighted by Crippen LogP contribution is 2.11. The van der Waals surface area contributed by atoms with Gasteiger partial charge in [0.2, 0.25) is 0 Å². The molecule has 0 atom stereocenters. The summed E-state index contributed by atoms with van der Waals surface area (Å²) >= 11 is 0. The lowest BCUT2D eigenvalue weighted by Crippen LogP contribution is -2.25. The molecule has 0 radical (unpaired) electrons. The maximum atomic E-state index is 12.1. The first-order valence-corrected chi connectivity index (χ1v) is 6.22. The summed E-state index contributed by atoms with van der Waals surface area (Å²) in [4.78, 5) is 16.4. The second-order valence-corrected chi connectivity index (χ2v) is 4.43. The molecule has 0 bridgehead atoms. The molecule has 2 aromatic heterocycles. The van der Waals surface area contributed by atoms with Gasteiger partial charge in [-0.15, -0.1) is 0 Å². The number of rotatable bonds is 5. The molecule has 2 heterocycles. The Bertz CT molecular complexity index is 592. The minimum absolute atomic E-state index is 0.149. The molecule has 0 aliphatic heterocycles. The second-order valence-electron chi connectivity index (χ2n) is 4.43. The Kier molecular flexibility index (Phi) is 4.11. The van der Waals surface area contributed by atoms with E-state index in [4.69, 9.17) is 4.74 Å². The zero-order valence-corrected chi connectivity index (χ0v) is 11.4. The number of carbonyl (C=O) groups is 1. The van der Waals surface area contributed by atoms with Gasteiger partial charge in [-0.25, -0.2) is 9.50 Å². The van der Waals surface area contributed by atoms with E-state index in [1.807, 2.05) is 19.9 Å². The fourth-order valence-corrected chi connectivity index (χ4v) is 1.94. The summed E-state index contributed by atoms with van der Waals surface area (Å²) in [6.45, 7) is 5.05. The van der Waals surface area contributed by atoms with E-state index in [0.717, 1.165) is 17.8 Å². The van der Waals surface area contributed by atoms with Crippen molar-refractivity contribution in [2.24, 2.45) is 0 Å². The van der Waals surface area contributed by atoms with Crippen LogP contribution in [0.5, 0.6) is 0 Å². The summed E-state index contributed by atoms with van der Waals surface area (Å²) in [7, 11) is 1.64. The number of aromatic nitrogens is 3. The third kappa shape index (κ3) is 2.90.